The standard InChI is InChI=1S/C22H35N4O3S/c1-2-3-14-24-15-13-19-9-11-21(12-10-19)30(28,29)26(18-27)17-16-25(22(26)23)20-7-5-4-6-8-20/h2-3,9-12,20,23-24,27H,4-8,13-18H2,1H3/q+1/b3-2+,23-22?. The molecule has 30 heavy (non-hydrogen) atoms. The number of guanidine groups is 1. The lowest BCUT2D eigenvalue weighted by Crippen LogP contribution is -2.57. The number of allylic oxidation sites excluding steroid dienone is 1. The van der Waals surface area contributed by atoms with E-state index in [1.165, 1.54) is 6.42 Å². The summed E-state index contributed by atoms with van der Waals surface area (Å²) in [4.78, 5) is 2.08. The molecule has 1 atom stereocenters. The van der Waals surface area contributed by atoms with Crippen LogP contribution < -0.4 is 5.32 Å². The zero-order valence-corrected chi connectivity index (χ0v) is 18.7. The maximum Gasteiger partial charge on any atom is 0.336 e. The Balaban J connectivity index is 1.73. The van der Waals surface area contributed by atoms with Crippen LogP contribution in [0.2, 0.25) is 0 Å². The van der Waals surface area contributed by atoms with Crippen LogP contribution >= 0.6 is 0 Å². The summed E-state index contributed by atoms with van der Waals surface area (Å²) >= 11 is 0. The third-order valence-electron chi connectivity index (χ3n) is 6.37. The number of benzene rings is 1. The average Bonchev–Trinajstić information content (AvgIpc) is 3.12. The monoisotopic (exact) mass is 435 g/mol. The minimum absolute atomic E-state index is 0.0154. The molecule has 0 radical (unpaired) electrons. The molecular weight excluding hydrogens is 400 g/mol. The maximum absolute atomic E-state index is 13.5. The average molecular weight is 436 g/mol. The number of quaternary nitrogens is 1. The van der Waals surface area contributed by atoms with Crippen LogP contribution in [0.3, 0.4) is 0 Å². The number of aliphatic hydroxyl groups excluding tert-OH is 1. The molecule has 3 N–H and O–H groups in total. The number of hydrogen-bond donors (Lipinski definition) is 3. The van der Waals surface area contributed by atoms with E-state index in [1.54, 1.807) is 12.1 Å². The van der Waals surface area contributed by atoms with Crippen LogP contribution in [0.25, 0.3) is 0 Å². The predicted octanol–water partition coefficient (Wildman–Crippen LogP) is 2.43. The van der Waals surface area contributed by atoms with Crippen LogP contribution in [-0.4, -0.2) is 67.2 Å². The summed E-state index contributed by atoms with van der Waals surface area (Å²) in [6.07, 6.45) is 10.3. The van der Waals surface area contributed by atoms with E-state index in [-0.39, 0.29) is 23.4 Å². The van der Waals surface area contributed by atoms with Crippen LogP contribution in [0.4, 0.5) is 0 Å². The van der Waals surface area contributed by atoms with Crippen LogP contribution in [0, 0.1) is 5.41 Å². The van der Waals surface area contributed by atoms with Gasteiger partial charge in [0.05, 0.1) is 6.54 Å². The zero-order valence-electron chi connectivity index (χ0n) is 17.9. The molecule has 1 aliphatic heterocycles. The van der Waals surface area contributed by atoms with Gasteiger partial charge in [0.25, 0.3) is 0 Å². The summed E-state index contributed by atoms with van der Waals surface area (Å²) in [6, 6.07) is 7.10. The van der Waals surface area contributed by atoms with Crippen LogP contribution in [0.1, 0.15) is 44.6 Å². The summed E-state index contributed by atoms with van der Waals surface area (Å²) in [7, 11) is -3.92. The summed E-state index contributed by atoms with van der Waals surface area (Å²) in [6.45, 7) is 3.72. The number of rotatable bonds is 9. The second-order valence-electron chi connectivity index (χ2n) is 8.21. The molecule has 1 saturated heterocycles. The van der Waals surface area contributed by atoms with Crippen molar-refractivity contribution in [3.63, 3.8) is 0 Å². The molecule has 1 aromatic rings. The van der Waals surface area contributed by atoms with Crippen molar-refractivity contribution in [2.24, 2.45) is 0 Å². The van der Waals surface area contributed by atoms with Gasteiger partial charge in [-0.1, -0.05) is 43.5 Å². The topological polar surface area (TPSA) is 93.5 Å². The molecule has 1 aliphatic carbocycles. The molecule has 3 rings (SSSR count). The van der Waals surface area contributed by atoms with Gasteiger partial charge in [-0.15, -0.1) is 3.89 Å². The minimum Gasteiger partial charge on any atom is -0.346 e. The van der Waals surface area contributed by atoms with Gasteiger partial charge >= 0.3 is 16.0 Å². The summed E-state index contributed by atoms with van der Waals surface area (Å²) in [5.74, 6) is 0.0154. The molecule has 7 nitrogen and oxygen atoms in total. The minimum atomic E-state index is -3.92. The summed E-state index contributed by atoms with van der Waals surface area (Å²) in [5.41, 5.74) is 1.05. The first-order valence-corrected chi connectivity index (χ1v) is 12.4. The van der Waals surface area contributed by atoms with E-state index < -0.39 is 20.6 Å². The van der Waals surface area contributed by atoms with E-state index in [1.807, 2.05) is 30.0 Å². The molecule has 166 valence electrons. The molecule has 2 aliphatic rings. The predicted molar refractivity (Wildman–Crippen MR) is 119 cm³/mol. The number of sulfonamides is 1. The van der Waals surface area contributed by atoms with Gasteiger partial charge in [-0.05, 0) is 50.4 Å². The molecule has 2 fully saturated rings. The Morgan fingerprint density at radius 1 is 1.23 bits per heavy atom. The lowest BCUT2D eigenvalue weighted by atomic mass is 9.94. The van der Waals surface area contributed by atoms with Crippen molar-refractivity contribution in [1.29, 1.82) is 5.41 Å². The van der Waals surface area contributed by atoms with Gasteiger partial charge in [-0.2, -0.15) is 8.42 Å². The van der Waals surface area contributed by atoms with Crippen molar-refractivity contribution in [3.05, 3.63) is 42.0 Å². The van der Waals surface area contributed by atoms with Crippen molar-refractivity contribution in [2.75, 3.05) is 32.9 Å². The molecule has 1 unspecified atom stereocenters. The van der Waals surface area contributed by atoms with Gasteiger partial charge < -0.3 is 15.3 Å². The van der Waals surface area contributed by atoms with Crippen LogP contribution in [0.15, 0.2) is 41.3 Å². The largest absolute Gasteiger partial charge is 0.346 e. The zero-order chi connectivity index (χ0) is 21.6. The summed E-state index contributed by atoms with van der Waals surface area (Å²) in [5, 5.41) is 22.1. The first-order valence-electron chi connectivity index (χ1n) is 11.0. The van der Waals surface area contributed by atoms with Gasteiger partial charge in [-0.25, -0.2) is 5.41 Å². The SMILES string of the molecule is C/C=C/CNCCc1ccc(S(=O)(=O)[N+]2(CO)CCN(C3CCCCC3)C2=N)cc1. The molecule has 0 aromatic heterocycles. The molecule has 8 heteroatoms. The Bertz CT molecular complexity index is 848. The Morgan fingerprint density at radius 3 is 2.57 bits per heavy atom. The van der Waals surface area contributed by atoms with Crippen LogP contribution in [0.5, 0.6) is 0 Å². The van der Waals surface area contributed by atoms with Crippen molar-refractivity contribution in [3.8, 4) is 0 Å². The Hall–Kier alpha value is -1.74. The Morgan fingerprint density at radius 2 is 1.93 bits per heavy atom. The lowest BCUT2D eigenvalue weighted by molar-refractivity contribution is -0.730. The van der Waals surface area contributed by atoms with Crippen molar-refractivity contribution in [2.45, 2.75) is 56.4 Å². The molecule has 1 heterocycles. The van der Waals surface area contributed by atoms with Crippen molar-refractivity contribution >= 4 is 16.0 Å². The highest BCUT2D eigenvalue weighted by molar-refractivity contribution is 7.86. The molecule has 0 bridgehead atoms. The van der Waals surface area contributed by atoms with E-state index >= 15 is 0 Å². The number of nitrogens with zero attached hydrogens (tertiary/aromatic N) is 2. The molecular formula is C22H35N4O3S+. The van der Waals surface area contributed by atoms with Crippen molar-refractivity contribution in [1.82, 2.24) is 10.2 Å². The smallest absolute Gasteiger partial charge is 0.336 e. The summed E-state index contributed by atoms with van der Waals surface area (Å²) < 4.78 is 26.3. The highest BCUT2D eigenvalue weighted by atomic mass is 32.2. The van der Waals surface area contributed by atoms with Gasteiger partial charge in [0.15, 0.2) is 0 Å². The van der Waals surface area contributed by atoms with E-state index in [4.69, 9.17) is 5.41 Å². The molecule has 1 saturated carbocycles. The van der Waals surface area contributed by atoms with Gasteiger partial charge in [0.1, 0.15) is 11.4 Å². The number of aliphatic hydroxyl groups is 1. The third-order valence-corrected chi connectivity index (χ3v) is 8.63. The number of hydrogen-bond acceptors (Lipinski definition) is 5. The quantitative estimate of drug-likeness (QED) is 0.315. The van der Waals surface area contributed by atoms with E-state index in [0.717, 1.165) is 50.8 Å². The fraction of sp³-hybridized carbons (Fsp3) is 0.591. The third kappa shape index (κ3) is 4.46. The van der Waals surface area contributed by atoms with Crippen molar-refractivity contribution < 1.29 is 17.4 Å². The van der Waals surface area contributed by atoms with E-state index in [2.05, 4.69) is 11.4 Å². The molecule has 0 spiro atoms. The normalized spacial score (nSPS) is 23.5. The molecule has 1 aromatic carbocycles. The van der Waals surface area contributed by atoms with Gasteiger partial charge in [-0.3, -0.25) is 0 Å². The second-order valence-corrected chi connectivity index (χ2v) is 10.3. The first-order chi connectivity index (χ1) is 14.5. The van der Waals surface area contributed by atoms with Gasteiger partial charge in [0.2, 0.25) is 6.73 Å². The maximum atomic E-state index is 13.5. The van der Waals surface area contributed by atoms with Crippen LogP contribution in [-0.2, 0) is 16.4 Å². The highest BCUT2D eigenvalue weighted by Gasteiger charge is 2.55. The fourth-order valence-electron chi connectivity index (χ4n) is 4.48. The van der Waals surface area contributed by atoms with E-state index in [9.17, 15) is 13.5 Å². The molecule has 0 amide bonds. The second kappa shape index (κ2) is 10.0. The fourth-order valence-corrected chi connectivity index (χ4v) is 6.17. The number of nitrogens with one attached hydrogen (secondary N) is 2. The van der Waals surface area contributed by atoms with Gasteiger partial charge in [0, 0.05) is 12.6 Å². The Labute approximate surface area is 180 Å². The first kappa shape index (κ1) is 22.9. The highest BCUT2D eigenvalue weighted by Crippen LogP contribution is 2.33. The van der Waals surface area contributed by atoms with E-state index in [0.29, 0.717) is 6.54 Å². The lowest BCUT2D eigenvalue weighted by Gasteiger charge is -2.33. The Kier molecular flexibility index (Phi) is 7.68.